The van der Waals surface area contributed by atoms with Crippen molar-refractivity contribution < 1.29 is 10.0 Å². The van der Waals surface area contributed by atoms with Crippen molar-refractivity contribution in [2.75, 3.05) is 0 Å². The van der Waals surface area contributed by atoms with Gasteiger partial charge in [0.15, 0.2) is 0 Å². The molecule has 0 bridgehead atoms. The third-order valence-electron chi connectivity index (χ3n) is 1.80. The van der Waals surface area contributed by atoms with Crippen molar-refractivity contribution >= 4 is 29.9 Å². The van der Waals surface area contributed by atoms with E-state index in [9.17, 15) is 4.79 Å². The first-order chi connectivity index (χ1) is 8.17. The quantitative estimate of drug-likeness (QED) is 0.214. The van der Waals surface area contributed by atoms with E-state index in [2.05, 4.69) is 10.5 Å². The van der Waals surface area contributed by atoms with Gasteiger partial charge >= 0.3 is 0 Å². The number of nitrogens with one attached hydrogen (secondary N) is 1. The van der Waals surface area contributed by atoms with E-state index in [0.29, 0.717) is 10.6 Å². The van der Waals surface area contributed by atoms with Gasteiger partial charge in [0.25, 0.3) is 5.91 Å². The first-order valence-corrected chi connectivity index (χ1v) is 4.89. The molecule has 0 aliphatic rings. The molecule has 0 heterocycles. The summed E-state index contributed by atoms with van der Waals surface area (Å²) in [4.78, 5) is 11.4. The number of nitriles is 1. The maximum atomic E-state index is 11.4. The van der Waals surface area contributed by atoms with Gasteiger partial charge in [0, 0.05) is 5.02 Å². The van der Waals surface area contributed by atoms with Crippen LogP contribution >= 0.6 is 11.6 Å². The number of carbonyl (C=O) groups excluding carboxylic acids is 1. The maximum Gasteiger partial charge on any atom is 0.267 e. The van der Waals surface area contributed by atoms with E-state index in [0.717, 1.165) is 6.34 Å². The Kier molecular flexibility index (Phi) is 4.73. The third-order valence-corrected chi connectivity index (χ3v) is 2.05. The molecule has 0 saturated carbocycles. The van der Waals surface area contributed by atoms with Gasteiger partial charge in [-0.05, 0) is 23.8 Å². The average molecular weight is 250 g/mol. The molecular formula is C11H8ClN3O2. The Balaban J connectivity index is 2.91. The summed E-state index contributed by atoms with van der Waals surface area (Å²) in [5, 5.41) is 22.2. The molecule has 0 aliphatic carbocycles. The summed E-state index contributed by atoms with van der Waals surface area (Å²) in [5.74, 6) is -0.653. The minimum atomic E-state index is -0.653. The Morgan fingerprint density at radius 3 is 2.65 bits per heavy atom. The van der Waals surface area contributed by atoms with Crippen LogP contribution in [-0.2, 0) is 4.79 Å². The molecular weight excluding hydrogens is 242 g/mol. The van der Waals surface area contributed by atoms with Crippen molar-refractivity contribution in [2.24, 2.45) is 5.16 Å². The van der Waals surface area contributed by atoms with E-state index in [-0.39, 0.29) is 5.57 Å². The zero-order valence-corrected chi connectivity index (χ0v) is 9.35. The van der Waals surface area contributed by atoms with Gasteiger partial charge in [0.05, 0.1) is 0 Å². The normalized spacial score (nSPS) is 11.2. The zero-order valence-electron chi connectivity index (χ0n) is 8.59. The zero-order chi connectivity index (χ0) is 12.7. The Morgan fingerprint density at radius 2 is 2.12 bits per heavy atom. The van der Waals surface area contributed by atoms with Crippen molar-refractivity contribution in [1.29, 1.82) is 5.26 Å². The van der Waals surface area contributed by atoms with Crippen LogP contribution in [0.15, 0.2) is 35.0 Å². The van der Waals surface area contributed by atoms with Crippen molar-refractivity contribution in [3.63, 3.8) is 0 Å². The number of halogens is 1. The fourth-order valence-corrected chi connectivity index (χ4v) is 1.17. The lowest BCUT2D eigenvalue weighted by molar-refractivity contribution is -0.115. The molecule has 0 unspecified atom stereocenters. The average Bonchev–Trinajstić information content (AvgIpc) is 2.35. The van der Waals surface area contributed by atoms with Crippen LogP contribution in [0.2, 0.25) is 5.02 Å². The van der Waals surface area contributed by atoms with Crippen LogP contribution in [0.1, 0.15) is 5.56 Å². The predicted molar refractivity (Wildman–Crippen MR) is 63.5 cm³/mol. The minimum Gasteiger partial charge on any atom is -0.410 e. The first kappa shape index (κ1) is 12.7. The van der Waals surface area contributed by atoms with E-state index in [1.54, 1.807) is 30.3 Å². The number of carbonyl (C=O) groups is 1. The van der Waals surface area contributed by atoms with E-state index >= 15 is 0 Å². The second-order valence-corrected chi connectivity index (χ2v) is 3.38. The van der Waals surface area contributed by atoms with Gasteiger partial charge in [-0.3, -0.25) is 4.79 Å². The highest BCUT2D eigenvalue weighted by Crippen LogP contribution is 2.12. The topological polar surface area (TPSA) is 85.5 Å². The molecule has 0 saturated heterocycles. The second-order valence-electron chi connectivity index (χ2n) is 2.94. The van der Waals surface area contributed by atoms with Crippen molar-refractivity contribution in [3.05, 3.63) is 40.4 Å². The first-order valence-electron chi connectivity index (χ1n) is 4.51. The van der Waals surface area contributed by atoms with Gasteiger partial charge in [0.1, 0.15) is 18.0 Å². The minimum absolute atomic E-state index is 0.104. The lowest BCUT2D eigenvalue weighted by Crippen LogP contribution is -2.22. The molecule has 2 N–H and O–H groups in total. The third kappa shape index (κ3) is 3.97. The number of nitrogens with zero attached hydrogens (tertiary/aromatic N) is 2. The van der Waals surface area contributed by atoms with Gasteiger partial charge in [-0.2, -0.15) is 5.26 Å². The van der Waals surface area contributed by atoms with Crippen LogP contribution in [0.3, 0.4) is 0 Å². The number of oxime groups is 1. The van der Waals surface area contributed by atoms with E-state index < -0.39 is 5.91 Å². The molecule has 0 atom stereocenters. The van der Waals surface area contributed by atoms with Crippen molar-refractivity contribution in [3.8, 4) is 6.07 Å². The fourth-order valence-electron chi connectivity index (χ4n) is 1.04. The SMILES string of the molecule is N#C/C(=C/c1ccc(Cl)cc1)C(=O)N/C=N/O. The van der Waals surface area contributed by atoms with E-state index in [1.165, 1.54) is 6.08 Å². The predicted octanol–water partition coefficient (Wildman–Crippen LogP) is 1.78. The summed E-state index contributed by atoms with van der Waals surface area (Å²) in [5.41, 5.74) is 0.564. The molecule has 0 radical (unpaired) electrons. The largest absolute Gasteiger partial charge is 0.410 e. The summed E-state index contributed by atoms with van der Waals surface area (Å²) < 4.78 is 0. The molecule has 86 valence electrons. The van der Waals surface area contributed by atoms with Gasteiger partial charge in [-0.1, -0.05) is 28.9 Å². The van der Waals surface area contributed by atoms with Crippen LogP contribution in [-0.4, -0.2) is 17.5 Å². The van der Waals surface area contributed by atoms with Crippen LogP contribution in [0.5, 0.6) is 0 Å². The van der Waals surface area contributed by atoms with Crippen LogP contribution in [0, 0.1) is 11.3 Å². The highest BCUT2D eigenvalue weighted by Gasteiger charge is 2.06. The molecule has 1 aromatic carbocycles. The standard InChI is InChI=1S/C11H8ClN3O2/c12-10-3-1-8(2-4-10)5-9(6-13)11(16)14-7-15-17/h1-5,7,17H,(H,14,15,16)/b9-5-. The number of hydrogen-bond acceptors (Lipinski definition) is 4. The molecule has 1 rings (SSSR count). The lowest BCUT2D eigenvalue weighted by atomic mass is 10.1. The Bertz CT molecular complexity index is 500. The molecule has 1 amide bonds. The Labute approximate surface area is 103 Å². The highest BCUT2D eigenvalue weighted by atomic mass is 35.5. The number of rotatable bonds is 3. The molecule has 17 heavy (non-hydrogen) atoms. The molecule has 5 nitrogen and oxygen atoms in total. The summed E-state index contributed by atoms with van der Waals surface area (Å²) in [6, 6.07) is 8.39. The van der Waals surface area contributed by atoms with Gasteiger partial charge in [0.2, 0.25) is 0 Å². The fraction of sp³-hybridized carbons (Fsp3) is 0. The van der Waals surface area contributed by atoms with E-state index in [1.807, 2.05) is 0 Å². The van der Waals surface area contributed by atoms with Gasteiger partial charge in [-0.15, -0.1) is 0 Å². The summed E-state index contributed by atoms with van der Waals surface area (Å²) in [6.07, 6.45) is 2.19. The smallest absolute Gasteiger partial charge is 0.267 e. The monoisotopic (exact) mass is 249 g/mol. The second kappa shape index (κ2) is 6.30. The number of benzene rings is 1. The molecule has 0 aromatic heterocycles. The summed E-state index contributed by atoms with van der Waals surface area (Å²) in [7, 11) is 0. The van der Waals surface area contributed by atoms with E-state index in [4.69, 9.17) is 22.1 Å². The highest BCUT2D eigenvalue weighted by molar-refractivity contribution is 6.30. The number of hydrogen-bond donors (Lipinski definition) is 2. The summed E-state index contributed by atoms with van der Waals surface area (Å²) >= 11 is 5.70. The molecule has 0 fully saturated rings. The van der Waals surface area contributed by atoms with Gasteiger partial charge < -0.3 is 10.5 Å². The van der Waals surface area contributed by atoms with Crippen LogP contribution in [0.4, 0.5) is 0 Å². The van der Waals surface area contributed by atoms with Gasteiger partial charge in [-0.25, -0.2) is 0 Å². The number of amides is 1. The Hall–Kier alpha value is -2.32. The molecule has 0 spiro atoms. The lowest BCUT2D eigenvalue weighted by Gasteiger charge is -1.97. The summed E-state index contributed by atoms with van der Waals surface area (Å²) in [6.45, 7) is 0. The Morgan fingerprint density at radius 1 is 1.47 bits per heavy atom. The van der Waals surface area contributed by atoms with Crippen molar-refractivity contribution in [2.45, 2.75) is 0 Å². The van der Waals surface area contributed by atoms with Crippen molar-refractivity contribution in [1.82, 2.24) is 5.32 Å². The molecule has 0 aliphatic heterocycles. The molecule has 1 aromatic rings. The van der Waals surface area contributed by atoms with Crippen LogP contribution in [0.25, 0.3) is 6.08 Å². The maximum absolute atomic E-state index is 11.4. The van der Waals surface area contributed by atoms with Crippen LogP contribution < -0.4 is 5.32 Å². The molecule has 6 heteroatoms.